The number of hydrogen-bond acceptors (Lipinski definition) is 6. The minimum atomic E-state index is -0.417. The molecule has 4 rings (SSSR count). The number of rotatable bonds is 5. The van der Waals surface area contributed by atoms with Gasteiger partial charge in [-0.2, -0.15) is 0 Å². The van der Waals surface area contributed by atoms with Gasteiger partial charge in [-0.05, 0) is 30.9 Å². The normalized spacial score (nSPS) is 25.7. The van der Waals surface area contributed by atoms with Crippen molar-refractivity contribution in [3.63, 3.8) is 0 Å². The highest BCUT2D eigenvalue weighted by Gasteiger charge is 2.46. The predicted molar refractivity (Wildman–Crippen MR) is 94.1 cm³/mol. The molecule has 4 heterocycles. The van der Waals surface area contributed by atoms with E-state index < -0.39 is 5.82 Å². The van der Waals surface area contributed by atoms with Crippen molar-refractivity contribution in [2.75, 3.05) is 31.2 Å². The lowest BCUT2D eigenvalue weighted by Gasteiger charge is -2.50. The zero-order valence-electron chi connectivity index (χ0n) is 14.7. The number of ether oxygens (including phenoxy) is 2. The Morgan fingerprint density at radius 1 is 1.31 bits per heavy atom. The molecule has 0 N–H and O–H groups in total. The molecule has 0 aromatic carbocycles. The number of anilines is 1. The standard InChI is InChI=1S/C19H23FN4O2/c20-16-10-22-18(23-11-16)24-7-4-17-19(13-24,5-2-8-26-17)14-25-12-15-3-1-6-21-9-15/h1,3,6,9-11,17H,2,4-5,7-8,12-14H2. The third-order valence-electron chi connectivity index (χ3n) is 5.26. The quantitative estimate of drug-likeness (QED) is 0.819. The topological polar surface area (TPSA) is 60.4 Å². The second-order valence-corrected chi connectivity index (χ2v) is 7.09. The van der Waals surface area contributed by atoms with E-state index >= 15 is 0 Å². The summed E-state index contributed by atoms with van der Waals surface area (Å²) in [4.78, 5) is 14.5. The average molecular weight is 358 g/mol. The van der Waals surface area contributed by atoms with Crippen LogP contribution in [0.1, 0.15) is 24.8 Å². The van der Waals surface area contributed by atoms with Gasteiger partial charge in [0, 0.05) is 37.5 Å². The van der Waals surface area contributed by atoms with Crippen LogP contribution in [0.25, 0.3) is 0 Å². The maximum absolute atomic E-state index is 13.1. The van der Waals surface area contributed by atoms with Crippen LogP contribution in [0.15, 0.2) is 36.9 Å². The van der Waals surface area contributed by atoms with Crippen molar-refractivity contribution in [3.8, 4) is 0 Å². The van der Waals surface area contributed by atoms with Gasteiger partial charge in [-0.3, -0.25) is 4.98 Å². The molecule has 2 fully saturated rings. The summed E-state index contributed by atoms with van der Waals surface area (Å²) in [6, 6.07) is 3.93. The van der Waals surface area contributed by atoms with Crippen LogP contribution in [0.3, 0.4) is 0 Å². The van der Waals surface area contributed by atoms with Crippen LogP contribution in [-0.2, 0) is 16.1 Å². The lowest BCUT2D eigenvalue weighted by atomic mass is 9.73. The number of hydrogen-bond donors (Lipinski definition) is 0. The molecular weight excluding hydrogens is 335 g/mol. The number of pyridine rings is 1. The van der Waals surface area contributed by atoms with Crippen molar-refractivity contribution in [1.29, 1.82) is 0 Å². The van der Waals surface area contributed by atoms with Gasteiger partial charge in [0.05, 0.1) is 31.7 Å². The van der Waals surface area contributed by atoms with Crippen molar-refractivity contribution in [1.82, 2.24) is 15.0 Å². The molecule has 0 radical (unpaired) electrons. The van der Waals surface area contributed by atoms with Crippen molar-refractivity contribution >= 4 is 5.95 Å². The van der Waals surface area contributed by atoms with E-state index in [4.69, 9.17) is 9.47 Å². The summed E-state index contributed by atoms with van der Waals surface area (Å²) in [7, 11) is 0. The molecular formula is C19H23FN4O2. The van der Waals surface area contributed by atoms with Crippen molar-refractivity contribution in [2.45, 2.75) is 32.0 Å². The second kappa shape index (κ2) is 7.63. The number of piperidine rings is 1. The van der Waals surface area contributed by atoms with Crippen molar-refractivity contribution in [2.24, 2.45) is 5.41 Å². The summed E-state index contributed by atoms with van der Waals surface area (Å²) in [5.41, 5.74) is 0.975. The summed E-state index contributed by atoms with van der Waals surface area (Å²) in [6.07, 6.45) is 9.17. The molecule has 2 unspecified atom stereocenters. The molecule has 2 aromatic rings. The molecule has 0 saturated carbocycles. The van der Waals surface area contributed by atoms with Gasteiger partial charge in [-0.1, -0.05) is 6.07 Å². The molecule has 7 heteroatoms. The maximum Gasteiger partial charge on any atom is 0.225 e. The van der Waals surface area contributed by atoms with Gasteiger partial charge in [0.25, 0.3) is 0 Å². The molecule has 2 aliphatic heterocycles. The smallest absolute Gasteiger partial charge is 0.225 e. The Bertz CT molecular complexity index is 715. The summed E-state index contributed by atoms with van der Waals surface area (Å²) in [6.45, 7) is 3.53. The Morgan fingerprint density at radius 2 is 2.19 bits per heavy atom. The second-order valence-electron chi connectivity index (χ2n) is 7.09. The fourth-order valence-electron chi connectivity index (χ4n) is 4.00. The molecule has 138 valence electrons. The van der Waals surface area contributed by atoms with E-state index in [-0.39, 0.29) is 11.5 Å². The van der Waals surface area contributed by atoms with Gasteiger partial charge in [0.1, 0.15) is 0 Å². The minimum absolute atomic E-state index is 0.0869. The maximum atomic E-state index is 13.1. The largest absolute Gasteiger partial charge is 0.377 e. The van der Waals surface area contributed by atoms with E-state index in [1.807, 2.05) is 18.3 Å². The molecule has 2 atom stereocenters. The fourth-order valence-corrected chi connectivity index (χ4v) is 4.00. The highest BCUT2D eigenvalue weighted by molar-refractivity contribution is 5.31. The molecule has 0 spiro atoms. The Hall–Kier alpha value is -2.12. The first-order chi connectivity index (χ1) is 12.8. The number of aromatic nitrogens is 3. The van der Waals surface area contributed by atoms with Gasteiger partial charge < -0.3 is 14.4 Å². The van der Waals surface area contributed by atoms with E-state index in [2.05, 4.69) is 19.9 Å². The van der Waals surface area contributed by atoms with E-state index in [1.165, 1.54) is 12.4 Å². The Labute approximate surface area is 152 Å². The van der Waals surface area contributed by atoms with Crippen LogP contribution in [0.4, 0.5) is 10.3 Å². The molecule has 0 amide bonds. The first kappa shape index (κ1) is 17.3. The third kappa shape index (κ3) is 3.68. The van der Waals surface area contributed by atoms with Crippen LogP contribution in [0.2, 0.25) is 0 Å². The average Bonchev–Trinajstić information content (AvgIpc) is 2.69. The van der Waals surface area contributed by atoms with Crippen LogP contribution in [0.5, 0.6) is 0 Å². The Balaban J connectivity index is 1.46. The monoisotopic (exact) mass is 358 g/mol. The molecule has 2 saturated heterocycles. The summed E-state index contributed by atoms with van der Waals surface area (Å²) in [5.74, 6) is 0.154. The lowest BCUT2D eigenvalue weighted by molar-refractivity contribution is -0.127. The molecule has 2 aliphatic rings. The van der Waals surface area contributed by atoms with Crippen LogP contribution >= 0.6 is 0 Å². The molecule has 6 nitrogen and oxygen atoms in total. The van der Waals surface area contributed by atoms with Crippen molar-refractivity contribution in [3.05, 3.63) is 48.3 Å². The first-order valence-corrected chi connectivity index (χ1v) is 9.06. The van der Waals surface area contributed by atoms with E-state index in [1.54, 1.807) is 6.20 Å². The van der Waals surface area contributed by atoms with Gasteiger partial charge in [-0.15, -0.1) is 0 Å². The number of nitrogens with zero attached hydrogens (tertiary/aromatic N) is 4. The van der Waals surface area contributed by atoms with Gasteiger partial charge >= 0.3 is 0 Å². The highest BCUT2D eigenvalue weighted by atomic mass is 19.1. The molecule has 0 aliphatic carbocycles. The number of fused-ring (bicyclic) bond motifs is 1. The molecule has 26 heavy (non-hydrogen) atoms. The van der Waals surface area contributed by atoms with Crippen LogP contribution in [0, 0.1) is 11.2 Å². The van der Waals surface area contributed by atoms with Gasteiger partial charge in [-0.25, -0.2) is 14.4 Å². The summed E-state index contributed by atoms with van der Waals surface area (Å²) in [5, 5.41) is 0. The lowest BCUT2D eigenvalue weighted by Crippen LogP contribution is -2.57. The van der Waals surface area contributed by atoms with Crippen molar-refractivity contribution < 1.29 is 13.9 Å². The third-order valence-corrected chi connectivity index (χ3v) is 5.26. The zero-order valence-corrected chi connectivity index (χ0v) is 14.7. The summed E-state index contributed by atoms with van der Waals surface area (Å²) >= 11 is 0. The fraction of sp³-hybridized carbons (Fsp3) is 0.526. The highest BCUT2D eigenvalue weighted by Crippen LogP contribution is 2.41. The first-order valence-electron chi connectivity index (χ1n) is 9.06. The van der Waals surface area contributed by atoms with E-state index in [0.717, 1.165) is 44.5 Å². The zero-order chi connectivity index (χ0) is 17.8. The molecule has 2 aromatic heterocycles. The van der Waals surface area contributed by atoms with Gasteiger partial charge in [0.15, 0.2) is 5.82 Å². The van der Waals surface area contributed by atoms with E-state index in [9.17, 15) is 4.39 Å². The van der Waals surface area contributed by atoms with E-state index in [0.29, 0.717) is 19.2 Å². The SMILES string of the molecule is Fc1cnc(N2CCC3OCCCC3(COCc3cccnc3)C2)nc1. The Morgan fingerprint density at radius 3 is 3.00 bits per heavy atom. The van der Waals surface area contributed by atoms with Crippen LogP contribution in [-0.4, -0.2) is 47.4 Å². The summed E-state index contributed by atoms with van der Waals surface area (Å²) < 4.78 is 25.3. The Kier molecular flexibility index (Phi) is 5.08. The minimum Gasteiger partial charge on any atom is -0.377 e. The molecule has 0 bridgehead atoms. The number of halogens is 1. The van der Waals surface area contributed by atoms with Crippen LogP contribution < -0.4 is 4.90 Å². The predicted octanol–water partition coefficient (Wildman–Crippen LogP) is 2.60. The van der Waals surface area contributed by atoms with Gasteiger partial charge in [0.2, 0.25) is 5.95 Å².